The van der Waals surface area contributed by atoms with Crippen LogP contribution in [-0.4, -0.2) is 53.3 Å². The second-order valence-electron chi connectivity index (χ2n) is 9.64. The van der Waals surface area contributed by atoms with E-state index in [0.717, 1.165) is 86.4 Å². The van der Waals surface area contributed by atoms with Crippen LogP contribution in [0.4, 0.5) is 11.6 Å². The third-order valence-electron chi connectivity index (χ3n) is 7.40. The summed E-state index contributed by atoms with van der Waals surface area (Å²) < 4.78 is 1.74. The highest BCUT2D eigenvalue weighted by molar-refractivity contribution is 6.33. The Kier molecular flexibility index (Phi) is 6.98. The standard InChI is InChI=1S/C27H35ClN6O/c1-4-19-10-9-11-20(5-2)23(19)34-25-21(16-22(28)26(30-25)32-13-7-6-8-14-32)24(31-27(34)35)33-15-12-29-17-18(33)3/h9-11,16,18,29H,4-8,12-15,17H2,1-3H3. The van der Waals surface area contributed by atoms with E-state index in [-0.39, 0.29) is 11.7 Å². The largest absolute Gasteiger partial charge is 0.355 e. The van der Waals surface area contributed by atoms with Crippen LogP contribution in [0.2, 0.25) is 5.02 Å². The number of fused-ring (bicyclic) bond motifs is 1. The number of rotatable bonds is 5. The molecule has 1 aromatic carbocycles. The van der Waals surface area contributed by atoms with Crippen molar-refractivity contribution in [1.29, 1.82) is 0 Å². The smallest absolute Gasteiger partial charge is 0.355 e. The number of aryl methyl sites for hydroxylation is 2. The Morgan fingerprint density at radius 1 is 1.03 bits per heavy atom. The van der Waals surface area contributed by atoms with Crippen LogP contribution in [0.5, 0.6) is 0 Å². The molecule has 35 heavy (non-hydrogen) atoms. The topological polar surface area (TPSA) is 66.3 Å². The summed E-state index contributed by atoms with van der Waals surface area (Å²) in [6.07, 6.45) is 5.12. The first-order chi connectivity index (χ1) is 17.0. The van der Waals surface area contributed by atoms with Crippen LogP contribution in [0.25, 0.3) is 16.7 Å². The number of nitrogens with one attached hydrogen (secondary N) is 1. The fourth-order valence-corrected chi connectivity index (χ4v) is 5.77. The number of para-hydroxylation sites is 1. The number of hydrogen-bond acceptors (Lipinski definition) is 6. The number of piperidine rings is 1. The molecule has 0 aliphatic carbocycles. The van der Waals surface area contributed by atoms with Gasteiger partial charge in [0.15, 0.2) is 5.65 Å². The average molecular weight is 495 g/mol. The summed E-state index contributed by atoms with van der Waals surface area (Å²) in [5.74, 6) is 1.45. The van der Waals surface area contributed by atoms with Crippen molar-refractivity contribution in [3.8, 4) is 5.69 Å². The Morgan fingerprint density at radius 3 is 2.40 bits per heavy atom. The number of pyridine rings is 1. The van der Waals surface area contributed by atoms with Gasteiger partial charge in [-0.15, -0.1) is 0 Å². The van der Waals surface area contributed by atoms with E-state index in [1.165, 1.54) is 6.42 Å². The minimum Gasteiger partial charge on any atom is -0.355 e. The second kappa shape index (κ2) is 10.2. The molecule has 0 spiro atoms. The lowest BCUT2D eigenvalue weighted by molar-refractivity contribution is 0.497. The van der Waals surface area contributed by atoms with E-state index in [9.17, 15) is 4.79 Å². The Bertz CT molecular complexity index is 1260. The number of anilines is 2. The van der Waals surface area contributed by atoms with Gasteiger partial charge in [0.05, 0.1) is 16.1 Å². The van der Waals surface area contributed by atoms with Crippen molar-refractivity contribution in [3.05, 3.63) is 50.9 Å². The Hall–Kier alpha value is -2.64. The summed E-state index contributed by atoms with van der Waals surface area (Å²) >= 11 is 6.89. The molecule has 0 amide bonds. The molecule has 4 heterocycles. The summed E-state index contributed by atoms with van der Waals surface area (Å²) in [6, 6.07) is 8.47. The highest BCUT2D eigenvalue weighted by Gasteiger charge is 2.27. The quantitative estimate of drug-likeness (QED) is 0.569. The highest BCUT2D eigenvalue weighted by Crippen LogP contribution is 2.35. The van der Waals surface area contributed by atoms with Crippen molar-refractivity contribution in [2.75, 3.05) is 42.5 Å². The lowest BCUT2D eigenvalue weighted by atomic mass is 10.0. The van der Waals surface area contributed by atoms with Gasteiger partial charge in [0, 0.05) is 38.8 Å². The van der Waals surface area contributed by atoms with Gasteiger partial charge >= 0.3 is 5.69 Å². The zero-order chi connectivity index (χ0) is 24.5. The molecule has 0 radical (unpaired) electrons. The van der Waals surface area contributed by atoms with Crippen LogP contribution in [-0.2, 0) is 12.8 Å². The lowest BCUT2D eigenvalue weighted by Gasteiger charge is -2.36. The zero-order valence-corrected chi connectivity index (χ0v) is 21.7. The Labute approximate surface area is 212 Å². The molecule has 0 saturated carbocycles. The van der Waals surface area contributed by atoms with Crippen LogP contribution in [0, 0.1) is 0 Å². The molecule has 8 heteroatoms. The molecule has 2 aliphatic rings. The van der Waals surface area contributed by atoms with E-state index in [1.54, 1.807) is 4.57 Å². The average Bonchev–Trinajstić information content (AvgIpc) is 2.89. The van der Waals surface area contributed by atoms with Crippen molar-refractivity contribution in [2.45, 2.75) is 58.9 Å². The molecule has 186 valence electrons. The monoisotopic (exact) mass is 494 g/mol. The van der Waals surface area contributed by atoms with Crippen molar-refractivity contribution in [1.82, 2.24) is 19.9 Å². The Balaban J connectivity index is 1.83. The van der Waals surface area contributed by atoms with E-state index in [2.05, 4.69) is 59.1 Å². The maximum absolute atomic E-state index is 13.8. The van der Waals surface area contributed by atoms with Gasteiger partial charge in [0.2, 0.25) is 0 Å². The Morgan fingerprint density at radius 2 is 1.74 bits per heavy atom. The van der Waals surface area contributed by atoms with Crippen molar-refractivity contribution >= 4 is 34.3 Å². The molecule has 1 unspecified atom stereocenters. The summed E-state index contributed by atoms with van der Waals surface area (Å²) in [5, 5.41) is 4.88. The molecule has 1 N–H and O–H groups in total. The summed E-state index contributed by atoms with van der Waals surface area (Å²) in [6.45, 7) is 10.7. The number of halogens is 1. The van der Waals surface area contributed by atoms with Gasteiger partial charge in [0.1, 0.15) is 11.6 Å². The lowest BCUT2D eigenvalue weighted by Crippen LogP contribution is -2.50. The highest BCUT2D eigenvalue weighted by atomic mass is 35.5. The van der Waals surface area contributed by atoms with Crippen LogP contribution in [0.3, 0.4) is 0 Å². The molecular weight excluding hydrogens is 460 g/mol. The molecule has 7 nitrogen and oxygen atoms in total. The predicted octanol–water partition coefficient (Wildman–Crippen LogP) is 4.35. The van der Waals surface area contributed by atoms with E-state index in [4.69, 9.17) is 16.6 Å². The third kappa shape index (κ3) is 4.40. The van der Waals surface area contributed by atoms with E-state index < -0.39 is 0 Å². The fourth-order valence-electron chi connectivity index (χ4n) is 5.50. The van der Waals surface area contributed by atoms with Gasteiger partial charge in [-0.2, -0.15) is 4.98 Å². The fraction of sp³-hybridized carbons (Fsp3) is 0.519. The van der Waals surface area contributed by atoms with E-state index >= 15 is 0 Å². The van der Waals surface area contributed by atoms with Gasteiger partial charge in [-0.05, 0) is 56.2 Å². The molecule has 2 saturated heterocycles. The predicted molar refractivity (Wildman–Crippen MR) is 145 cm³/mol. The van der Waals surface area contributed by atoms with Crippen LogP contribution in [0.1, 0.15) is 51.2 Å². The number of benzene rings is 1. The number of hydrogen-bond donors (Lipinski definition) is 1. The maximum Gasteiger partial charge on any atom is 0.355 e. The summed E-state index contributed by atoms with van der Waals surface area (Å²) in [5.41, 5.74) is 3.52. The van der Waals surface area contributed by atoms with Gasteiger partial charge in [0.25, 0.3) is 0 Å². The molecule has 3 aromatic rings. The summed E-state index contributed by atoms with van der Waals surface area (Å²) in [7, 11) is 0. The van der Waals surface area contributed by atoms with Gasteiger partial charge < -0.3 is 15.1 Å². The van der Waals surface area contributed by atoms with Gasteiger partial charge in [-0.3, -0.25) is 0 Å². The maximum atomic E-state index is 13.8. The van der Waals surface area contributed by atoms with E-state index in [0.29, 0.717) is 16.5 Å². The number of piperazine rings is 1. The minimum absolute atomic E-state index is 0.212. The first-order valence-corrected chi connectivity index (χ1v) is 13.4. The van der Waals surface area contributed by atoms with Gasteiger partial charge in [-0.1, -0.05) is 43.6 Å². The molecule has 2 fully saturated rings. The van der Waals surface area contributed by atoms with Crippen molar-refractivity contribution < 1.29 is 0 Å². The van der Waals surface area contributed by atoms with Crippen molar-refractivity contribution in [3.63, 3.8) is 0 Å². The third-order valence-corrected chi connectivity index (χ3v) is 7.68. The number of aromatic nitrogens is 3. The first-order valence-electron chi connectivity index (χ1n) is 13.0. The molecular formula is C27H35ClN6O. The normalized spacial score (nSPS) is 18.9. The zero-order valence-electron chi connectivity index (χ0n) is 21.0. The van der Waals surface area contributed by atoms with E-state index in [1.807, 2.05) is 6.07 Å². The molecule has 5 rings (SSSR count). The first kappa shape index (κ1) is 24.1. The summed E-state index contributed by atoms with van der Waals surface area (Å²) in [4.78, 5) is 28.1. The van der Waals surface area contributed by atoms with Crippen LogP contribution < -0.4 is 20.8 Å². The SMILES string of the molecule is CCc1cccc(CC)c1-n1c(=O)nc(N2CCNCC2C)c2cc(Cl)c(N3CCCCC3)nc21. The minimum atomic E-state index is -0.284. The second-order valence-corrected chi connectivity index (χ2v) is 10.1. The molecule has 0 bridgehead atoms. The van der Waals surface area contributed by atoms with Gasteiger partial charge in [-0.25, -0.2) is 14.3 Å². The molecule has 1 atom stereocenters. The molecule has 2 aliphatic heterocycles. The number of nitrogens with zero attached hydrogens (tertiary/aromatic N) is 5. The van der Waals surface area contributed by atoms with Crippen LogP contribution in [0.15, 0.2) is 29.1 Å². The molecule has 2 aromatic heterocycles. The van der Waals surface area contributed by atoms with Crippen molar-refractivity contribution in [2.24, 2.45) is 0 Å². The van der Waals surface area contributed by atoms with Crippen LogP contribution >= 0.6 is 11.6 Å².